The lowest BCUT2D eigenvalue weighted by Crippen LogP contribution is -2.51. The van der Waals surface area contributed by atoms with Crippen LogP contribution in [0.4, 0.5) is 0 Å². The third-order valence-electron chi connectivity index (χ3n) is 4.27. The summed E-state index contributed by atoms with van der Waals surface area (Å²) in [6.07, 6.45) is 1.41. The van der Waals surface area contributed by atoms with E-state index < -0.39 is 11.9 Å². The quantitative estimate of drug-likeness (QED) is 0.770. The fraction of sp³-hybridized carbons (Fsp3) is 0.500. The second-order valence-electron chi connectivity index (χ2n) is 6.17. The van der Waals surface area contributed by atoms with Gasteiger partial charge in [-0.1, -0.05) is 29.3 Å². The molecule has 0 aromatic heterocycles. The average molecular weight is 401 g/mol. The Labute approximate surface area is 162 Å². The number of ether oxygens (including phenoxy) is 1. The van der Waals surface area contributed by atoms with Crippen LogP contribution >= 0.6 is 23.2 Å². The van der Waals surface area contributed by atoms with E-state index in [0.717, 1.165) is 6.42 Å². The summed E-state index contributed by atoms with van der Waals surface area (Å²) in [4.78, 5) is 38.5. The first-order valence-electron chi connectivity index (χ1n) is 8.55. The molecule has 1 aliphatic heterocycles. The SMILES string of the molecule is CCOC(=O)[C@H]1CCCN(C(=O)[C@@H](C)NC(=O)c2cccc(Cl)c2Cl)C1. The molecule has 1 aliphatic rings. The topological polar surface area (TPSA) is 75.7 Å². The molecule has 2 rings (SSSR count). The van der Waals surface area contributed by atoms with Crippen LogP contribution in [0.3, 0.4) is 0 Å². The Morgan fingerprint density at radius 2 is 2.08 bits per heavy atom. The molecule has 1 aromatic carbocycles. The molecule has 1 N–H and O–H groups in total. The lowest BCUT2D eigenvalue weighted by molar-refractivity contribution is -0.151. The van der Waals surface area contributed by atoms with E-state index in [2.05, 4.69) is 5.32 Å². The number of nitrogens with one attached hydrogen (secondary N) is 1. The molecule has 1 fully saturated rings. The number of esters is 1. The molecule has 1 aromatic rings. The standard InChI is InChI=1S/C18H22Cl2N2O4/c1-3-26-18(25)12-6-5-9-22(10-12)17(24)11(2)21-16(23)13-7-4-8-14(19)15(13)20/h4,7-8,11-12H,3,5-6,9-10H2,1-2H3,(H,21,23)/t11-,12+/m1/s1. The van der Waals surface area contributed by atoms with Crippen LogP contribution in [-0.4, -0.2) is 48.4 Å². The van der Waals surface area contributed by atoms with Crippen molar-refractivity contribution in [2.24, 2.45) is 5.92 Å². The van der Waals surface area contributed by atoms with Gasteiger partial charge in [0.15, 0.2) is 0 Å². The minimum Gasteiger partial charge on any atom is -0.466 e. The monoisotopic (exact) mass is 400 g/mol. The molecular formula is C18H22Cl2N2O4. The molecule has 0 radical (unpaired) electrons. The summed E-state index contributed by atoms with van der Waals surface area (Å²) in [7, 11) is 0. The summed E-state index contributed by atoms with van der Waals surface area (Å²) in [5.74, 6) is -1.33. The Morgan fingerprint density at radius 1 is 1.35 bits per heavy atom. The van der Waals surface area contributed by atoms with Crippen molar-refractivity contribution < 1.29 is 19.1 Å². The summed E-state index contributed by atoms with van der Waals surface area (Å²) in [6, 6.07) is 3.99. The minimum atomic E-state index is -0.751. The van der Waals surface area contributed by atoms with Crippen molar-refractivity contribution in [3.05, 3.63) is 33.8 Å². The maximum absolute atomic E-state index is 12.6. The first-order valence-corrected chi connectivity index (χ1v) is 9.31. The van der Waals surface area contributed by atoms with E-state index in [1.807, 2.05) is 0 Å². The summed E-state index contributed by atoms with van der Waals surface area (Å²) < 4.78 is 5.04. The van der Waals surface area contributed by atoms with Crippen LogP contribution in [0.25, 0.3) is 0 Å². The van der Waals surface area contributed by atoms with Gasteiger partial charge in [-0.3, -0.25) is 14.4 Å². The number of nitrogens with zero attached hydrogens (tertiary/aromatic N) is 1. The van der Waals surface area contributed by atoms with Crippen molar-refractivity contribution in [3.8, 4) is 0 Å². The molecular weight excluding hydrogens is 379 g/mol. The number of piperidine rings is 1. The Bertz CT molecular complexity index is 696. The predicted octanol–water partition coefficient (Wildman–Crippen LogP) is 2.91. The fourth-order valence-electron chi connectivity index (χ4n) is 2.92. The first-order chi connectivity index (χ1) is 12.3. The summed E-state index contributed by atoms with van der Waals surface area (Å²) in [5, 5.41) is 3.06. The van der Waals surface area contributed by atoms with E-state index in [1.165, 1.54) is 0 Å². The van der Waals surface area contributed by atoms with Crippen LogP contribution in [0.5, 0.6) is 0 Å². The summed E-state index contributed by atoms with van der Waals surface area (Å²) >= 11 is 12.0. The highest BCUT2D eigenvalue weighted by atomic mass is 35.5. The van der Waals surface area contributed by atoms with E-state index in [-0.39, 0.29) is 33.4 Å². The number of hydrogen-bond donors (Lipinski definition) is 1. The summed E-state index contributed by atoms with van der Waals surface area (Å²) in [6.45, 7) is 4.52. The second-order valence-corrected chi connectivity index (χ2v) is 6.96. The molecule has 0 unspecified atom stereocenters. The van der Waals surface area contributed by atoms with E-state index in [0.29, 0.717) is 26.1 Å². The summed E-state index contributed by atoms with van der Waals surface area (Å²) in [5.41, 5.74) is 0.210. The molecule has 26 heavy (non-hydrogen) atoms. The molecule has 1 heterocycles. The number of benzene rings is 1. The third kappa shape index (κ3) is 4.89. The highest BCUT2D eigenvalue weighted by molar-refractivity contribution is 6.43. The van der Waals surface area contributed by atoms with Crippen LogP contribution in [0.15, 0.2) is 18.2 Å². The molecule has 0 bridgehead atoms. The van der Waals surface area contributed by atoms with Crippen LogP contribution in [0, 0.1) is 5.92 Å². The van der Waals surface area contributed by atoms with Gasteiger partial charge in [-0.2, -0.15) is 0 Å². The van der Waals surface area contributed by atoms with Gasteiger partial charge in [0.2, 0.25) is 5.91 Å². The van der Waals surface area contributed by atoms with Gasteiger partial charge >= 0.3 is 5.97 Å². The molecule has 2 atom stereocenters. The highest BCUT2D eigenvalue weighted by Gasteiger charge is 2.31. The Balaban J connectivity index is 1.99. The zero-order chi connectivity index (χ0) is 19.3. The van der Waals surface area contributed by atoms with Gasteiger partial charge < -0.3 is 15.0 Å². The Kier molecular flexibility index (Phi) is 7.29. The number of hydrogen-bond acceptors (Lipinski definition) is 4. The highest BCUT2D eigenvalue weighted by Crippen LogP contribution is 2.25. The largest absolute Gasteiger partial charge is 0.466 e. The molecule has 0 aliphatic carbocycles. The maximum atomic E-state index is 12.6. The normalized spacial score (nSPS) is 18.2. The average Bonchev–Trinajstić information content (AvgIpc) is 2.63. The second kappa shape index (κ2) is 9.24. The zero-order valence-corrected chi connectivity index (χ0v) is 16.3. The van der Waals surface area contributed by atoms with E-state index in [9.17, 15) is 14.4 Å². The van der Waals surface area contributed by atoms with Crippen molar-refractivity contribution in [2.75, 3.05) is 19.7 Å². The molecule has 6 nitrogen and oxygen atoms in total. The number of rotatable bonds is 5. The lowest BCUT2D eigenvalue weighted by atomic mass is 9.97. The minimum absolute atomic E-state index is 0.145. The van der Waals surface area contributed by atoms with Crippen molar-refractivity contribution in [2.45, 2.75) is 32.7 Å². The molecule has 2 amide bonds. The van der Waals surface area contributed by atoms with Crippen LogP contribution in [-0.2, 0) is 14.3 Å². The van der Waals surface area contributed by atoms with Gasteiger partial charge in [0.05, 0.1) is 28.1 Å². The smallest absolute Gasteiger partial charge is 0.310 e. The van der Waals surface area contributed by atoms with Crippen LogP contribution in [0.2, 0.25) is 10.0 Å². The van der Waals surface area contributed by atoms with Gasteiger partial charge in [-0.25, -0.2) is 0 Å². The molecule has 142 valence electrons. The zero-order valence-electron chi connectivity index (χ0n) is 14.8. The number of halogens is 2. The number of carbonyl (C=O) groups excluding carboxylic acids is 3. The van der Waals surface area contributed by atoms with Gasteiger partial charge in [0.1, 0.15) is 6.04 Å². The van der Waals surface area contributed by atoms with Gasteiger partial charge in [-0.05, 0) is 38.8 Å². The predicted molar refractivity (Wildman–Crippen MR) is 99.3 cm³/mol. The molecule has 8 heteroatoms. The lowest BCUT2D eigenvalue weighted by Gasteiger charge is -2.33. The van der Waals surface area contributed by atoms with Crippen LogP contribution < -0.4 is 5.32 Å². The molecule has 1 saturated heterocycles. The van der Waals surface area contributed by atoms with Gasteiger partial charge in [0.25, 0.3) is 5.91 Å². The van der Waals surface area contributed by atoms with Crippen molar-refractivity contribution in [1.29, 1.82) is 0 Å². The fourth-order valence-corrected chi connectivity index (χ4v) is 3.31. The van der Waals surface area contributed by atoms with E-state index in [4.69, 9.17) is 27.9 Å². The van der Waals surface area contributed by atoms with Crippen molar-refractivity contribution in [3.63, 3.8) is 0 Å². The van der Waals surface area contributed by atoms with Gasteiger partial charge in [-0.15, -0.1) is 0 Å². The number of likely N-dealkylation sites (tertiary alicyclic amines) is 1. The Morgan fingerprint density at radius 3 is 2.77 bits per heavy atom. The number of amides is 2. The van der Waals surface area contributed by atoms with Crippen molar-refractivity contribution >= 4 is 41.0 Å². The van der Waals surface area contributed by atoms with Crippen molar-refractivity contribution in [1.82, 2.24) is 10.2 Å². The Hall–Kier alpha value is -1.79. The number of carbonyl (C=O) groups is 3. The van der Waals surface area contributed by atoms with Gasteiger partial charge in [0, 0.05) is 13.1 Å². The van der Waals surface area contributed by atoms with E-state index >= 15 is 0 Å². The first kappa shape index (κ1) is 20.5. The molecule has 0 saturated carbocycles. The van der Waals surface area contributed by atoms with E-state index in [1.54, 1.807) is 36.9 Å². The van der Waals surface area contributed by atoms with Crippen LogP contribution in [0.1, 0.15) is 37.0 Å². The maximum Gasteiger partial charge on any atom is 0.310 e. The third-order valence-corrected chi connectivity index (χ3v) is 5.09. The molecule has 0 spiro atoms.